The monoisotopic (exact) mass is 478 g/mol. The highest BCUT2D eigenvalue weighted by atomic mass is 32.2. The van der Waals surface area contributed by atoms with Gasteiger partial charge in [0.1, 0.15) is 0 Å². The van der Waals surface area contributed by atoms with E-state index >= 15 is 0 Å². The lowest BCUT2D eigenvalue weighted by Crippen LogP contribution is -2.43. The first kappa shape index (κ1) is 24.4. The summed E-state index contributed by atoms with van der Waals surface area (Å²) in [5, 5.41) is 2.80. The normalized spacial score (nSPS) is 16.1. The summed E-state index contributed by atoms with van der Waals surface area (Å²) in [5.41, 5.74) is 1.96. The van der Waals surface area contributed by atoms with Crippen LogP contribution < -0.4 is 5.32 Å². The molecule has 0 spiro atoms. The summed E-state index contributed by atoms with van der Waals surface area (Å²) in [4.78, 5) is 13.0. The molecule has 0 radical (unpaired) electrons. The molecule has 0 aromatic heterocycles. The minimum Gasteiger partial charge on any atom is -0.356 e. The molecule has 1 heterocycles. The average Bonchev–Trinajstić information content (AvgIpc) is 2.79. The Balaban J connectivity index is 1.46. The number of rotatable bonds is 8. The maximum Gasteiger partial charge on any atom is 0.243 e. The van der Waals surface area contributed by atoms with E-state index in [1.807, 2.05) is 13.8 Å². The molecule has 9 heteroatoms. The van der Waals surface area contributed by atoms with Crippen LogP contribution in [0.15, 0.2) is 58.3 Å². The van der Waals surface area contributed by atoms with Crippen LogP contribution in [0.3, 0.4) is 0 Å². The smallest absolute Gasteiger partial charge is 0.243 e. The molecule has 1 saturated heterocycles. The lowest BCUT2D eigenvalue weighted by molar-refractivity contribution is -0.126. The Morgan fingerprint density at radius 1 is 0.938 bits per heavy atom. The Kier molecular flexibility index (Phi) is 7.74. The number of amides is 1. The van der Waals surface area contributed by atoms with Crippen molar-refractivity contribution in [1.29, 1.82) is 0 Å². The number of sulfone groups is 1. The third-order valence-electron chi connectivity index (χ3n) is 5.93. The minimum atomic E-state index is -3.58. The van der Waals surface area contributed by atoms with Crippen LogP contribution in [-0.4, -0.2) is 52.4 Å². The van der Waals surface area contributed by atoms with Gasteiger partial charge in [0.25, 0.3) is 0 Å². The zero-order valence-corrected chi connectivity index (χ0v) is 20.1. The Bertz CT molecular complexity index is 1150. The summed E-state index contributed by atoms with van der Waals surface area (Å²) >= 11 is 0. The van der Waals surface area contributed by atoms with Gasteiger partial charge in [-0.3, -0.25) is 4.79 Å². The van der Waals surface area contributed by atoms with Crippen molar-refractivity contribution >= 4 is 25.8 Å². The number of carbonyl (C=O) groups is 1. The van der Waals surface area contributed by atoms with Gasteiger partial charge < -0.3 is 5.32 Å². The molecule has 7 nitrogen and oxygen atoms in total. The first-order chi connectivity index (χ1) is 15.1. The summed E-state index contributed by atoms with van der Waals surface area (Å²) in [6.45, 7) is 4.67. The molecule has 1 aliphatic heterocycles. The zero-order chi connectivity index (χ0) is 23.4. The highest BCUT2D eigenvalue weighted by Crippen LogP contribution is 2.25. The van der Waals surface area contributed by atoms with Gasteiger partial charge in [0, 0.05) is 25.6 Å². The molecule has 1 aliphatic rings. The standard InChI is InChI=1S/C23H30N2O5S2/c1-18-9-10-22(17-19(18)2)32(29,30)25-14-11-20(12-15-25)23(26)24-13-6-16-31(27,28)21-7-4-3-5-8-21/h3-5,7-10,17,20H,6,11-16H2,1-2H3,(H,24,26). The van der Waals surface area contributed by atoms with Crippen molar-refractivity contribution in [3.05, 3.63) is 59.7 Å². The van der Waals surface area contributed by atoms with Crippen LogP contribution in [0.5, 0.6) is 0 Å². The SMILES string of the molecule is Cc1ccc(S(=O)(=O)N2CCC(C(=O)NCCCS(=O)(=O)c3ccccc3)CC2)cc1C. The van der Waals surface area contributed by atoms with Crippen molar-refractivity contribution in [1.82, 2.24) is 9.62 Å². The topological polar surface area (TPSA) is 101 Å². The van der Waals surface area contributed by atoms with Gasteiger partial charge in [-0.15, -0.1) is 0 Å². The summed E-state index contributed by atoms with van der Waals surface area (Å²) in [5.74, 6) is -0.457. The molecule has 0 unspecified atom stereocenters. The third-order valence-corrected chi connectivity index (χ3v) is 9.64. The van der Waals surface area contributed by atoms with Crippen LogP contribution in [0.2, 0.25) is 0 Å². The van der Waals surface area contributed by atoms with Gasteiger partial charge in [-0.1, -0.05) is 24.3 Å². The second-order valence-electron chi connectivity index (χ2n) is 8.20. The fourth-order valence-electron chi connectivity index (χ4n) is 3.75. The first-order valence-electron chi connectivity index (χ1n) is 10.7. The molecule has 3 rings (SSSR count). The van der Waals surface area contributed by atoms with Crippen LogP contribution in [0.1, 0.15) is 30.4 Å². The summed E-state index contributed by atoms with van der Waals surface area (Å²) in [7, 11) is -6.94. The maximum absolute atomic E-state index is 12.9. The maximum atomic E-state index is 12.9. The van der Waals surface area contributed by atoms with Gasteiger partial charge in [0.2, 0.25) is 15.9 Å². The van der Waals surface area contributed by atoms with Crippen LogP contribution in [0, 0.1) is 19.8 Å². The Labute approximate surface area is 190 Å². The molecular formula is C23H30N2O5S2. The van der Waals surface area contributed by atoms with Gasteiger partial charge in [-0.05, 0) is 68.5 Å². The van der Waals surface area contributed by atoms with Crippen molar-refractivity contribution in [2.24, 2.45) is 5.92 Å². The van der Waals surface area contributed by atoms with Crippen LogP contribution in [-0.2, 0) is 24.7 Å². The van der Waals surface area contributed by atoms with Crippen molar-refractivity contribution < 1.29 is 21.6 Å². The van der Waals surface area contributed by atoms with Crippen LogP contribution >= 0.6 is 0 Å². The van der Waals surface area contributed by atoms with Gasteiger partial charge >= 0.3 is 0 Å². The predicted octanol–water partition coefficient (Wildman–Crippen LogP) is 2.68. The fourth-order valence-corrected chi connectivity index (χ4v) is 6.63. The summed E-state index contributed by atoms with van der Waals surface area (Å²) < 4.78 is 51.9. The van der Waals surface area contributed by atoms with E-state index in [1.165, 1.54) is 4.31 Å². The van der Waals surface area contributed by atoms with E-state index in [-0.39, 0.29) is 47.0 Å². The molecule has 0 aliphatic carbocycles. The Hall–Kier alpha value is -2.23. The van der Waals surface area contributed by atoms with Crippen LogP contribution in [0.4, 0.5) is 0 Å². The van der Waals surface area contributed by atoms with Crippen molar-refractivity contribution in [3.63, 3.8) is 0 Å². The fraction of sp³-hybridized carbons (Fsp3) is 0.435. The van der Waals surface area contributed by atoms with E-state index in [0.717, 1.165) is 11.1 Å². The largest absolute Gasteiger partial charge is 0.356 e. The zero-order valence-electron chi connectivity index (χ0n) is 18.5. The molecule has 1 fully saturated rings. The van der Waals surface area contributed by atoms with E-state index in [2.05, 4.69) is 5.32 Å². The Morgan fingerprint density at radius 2 is 1.59 bits per heavy atom. The van der Waals surface area contributed by atoms with Gasteiger partial charge in [0.05, 0.1) is 15.5 Å². The number of sulfonamides is 1. The van der Waals surface area contributed by atoms with E-state index in [1.54, 1.807) is 48.5 Å². The number of carbonyl (C=O) groups excluding carboxylic acids is 1. The molecule has 2 aromatic carbocycles. The first-order valence-corrected chi connectivity index (χ1v) is 13.8. The van der Waals surface area contributed by atoms with E-state index in [9.17, 15) is 21.6 Å². The minimum absolute atomic E-state index is 0.0377. The molecule has 174 valence electrons. The van der Waals surface area contributed by atoms with E-state index < -0.39 is 19.9 Å². The number of hydrogen-bond acceptors (Lipinski definition) is 5. The lowest BCUT2D eigenvalue weighted by atomic mass is 9.97. The molecule has 0 atom stereocenters. The molecule has 32 heavy (non-hydrogen) atoms. The number of hydrogen-bond donors (Lipinski definition) is 1. The van der Waals surface area contributed by atoms with Crippen molar-refractivity contribution in [2.45, 2.75) is 42.9 Å². The summed E-state index contributed by atoms with van der Waals surface area (Å²) in [6, 6.07) is 13.4. The van der Waals surface area contributed by atoms with E-state index in [0.29, 0.717) is 19.3 Å². The highest BCUT2D eigenvalue weighted by molar-refractivity contribution is 7.91. The Morgan fingerprint density at radius 3 is 2.22 bits per heavy atom. The summed E-state index contributed by atoms with van der Waals surface area (Å²) in [6.07, 6.45) is 1.21. The number of nitrogens with zero attached hydrogens (tertiary/aromatic N) is 1. The number of piperidine rings is 1. The molecule has 0 saturated carbocycles. The van der Waals surface area contributed by atoms with Crippen molar-refractivity contribution in [3.8, 4) is 0 Å². The quantitative estimate of drug-likeness (QED) is 0.588. The highest BCUT2D eigenvalue weighted by Gasteiger charge is 2.32. The van der Waals surface area contributed by atoms with Gasteiger partial charge in [0.15, 0.2) is 9.84 Å². The second-order valence-corrected chi connectivity index (χ2v) is 12.2. The number of benzene rings is 2. The number of aryl methyl sites for hydroxylation is 2. The van der Waals surface area contributed by atoms with Gasteiger partial charge in [-0.2, -0.15) is 4.31 Å². The third kappa shape index (κ3) is 5.76. The van der Waals surface area contributed by atoms with Crippen LogP contribution in [0.25, 0.3) is 0 Å². The van der Waals surface area contributed by atoms with Gasteiger partial charge in [-0.25, -0.2) is 16.8 Å². The van der Waals surface area contributed by atoms with E-state index in [4.69, 9.17) is 0 Å². The molecule has 2 aromatic rings. The molecule has 0 bridgehead atoms. The lowest BCUT2D eigenvalue weighted by Gasteiger charge is -2.30. The molecular weight excluding hydrogens is 448 g/mol. The average molecular weight is 479 g/mol. The molecule has 1 amide bonds. The molecule has 1 N–H and O–H groups in total. The second kappa shape index (κ2) is 10.1. The predicted molar refractivity (Wildman–Crippen MR) is 124 cm³/mol. The number of nitrogens with one attached hydrogen (secondary N) is 1. The van der Waals surface area contributed by atoms with Crippen molar-refractivity contribution in [2.75, 3.05) is 25.4 Å².